The van der Waals surface area contributed by atoms with Crippen molar-refractivity contribution < 1.29 is 27.8 Å². The first-order valence-corrected chi connectivity index (χ1v) is 13.9. The highest BCUT2D eigenvalue weighted by molar-refractivity contribution is 5.99. The number of nitrogens with zero attached hydrogens (tertiary/aromatic N) is 3. The molecule has 4 rings (SSSR count). The predicted octanol–water partition coefficient (Wildman–Crippen LogP) is 6.37. The molecule has 0 saturated carbocycles. The number of β-amino-alcohol motifs (C(OH)–C–C–N with tert-alkyl or cyclic N) is 1. The summed E-state index contributed by atoms with van der Waals surface area (Å²) in [5, 5.41) is 13.3. The number of ether oxygens (including phenoxy) is 2. The molecule has 226 valence electrons. The van der Waals surface area contributed by atoms with Crippen molar-refractivity contribution in [3.63, 3.8) is 0 Å². The summed E-state index contributed by atoms with van der Waals surface area (Å²) in [4.78, 5) is 9.38. The van der Waals surface area contributed by atoms with Crippen molar-refractivity contribution in [1.29, 1.82) is 0 Å². The van der Waals surface area contributed by atoms with Crippen LogP contribution in [0.15, 0.2) is 42.6 Å². The van der Waals surface area contributed by atoms with Gasteiger partial charge in [0.15, 0.2) is 11.5 Å². The molecule has 0 amide bonds. The second-order valence-corrected chi connectivity index (χ2v) is 10.2. The van der Waals surface area contributed by atoms with Gasteiger partial charge in [-0.2, -0.15) is 13.2 Å². The minimum absolute atomic E-state index is 0. The average Bonchev–Trinajstić information content (AvgIpc) is 2.94. The Kier molecular flexibility index (Phi) is 12.3. The van der Waals surface area contributed by atoms with Crippen LogP contribution in [0.5, 0.6) is 17.2 Å². The largest absolute Gasteiger partial charge is 0.493 e. The molecule has 0 bridgehead atoms. The highest BCUT2D eigenvalue weighted by Gasteiger charge is 2.31. The van der Waals surface area contributed by atoms with Crippen molar-refractivity contribution in [2.24, 2.45) is 0 Å². The normalized spacial score (nSPS) is 14.6. The van der Waals surface area contributed by atoms with Gasteiger partial charge in [-0.25, -0.2) is 0 Å². The van der Waals surface area contributed by atoms with Crippen LogP contribution in [0.2, 0.25) is 0 Å². The van der Waals surface area contributed by atoms with Gasteiger partial charge in [-0.1, -0.05) is 18.9 Å². The zero-order chi connectivity index (χ0) is 28.5. The summed E-state index contributed by atoms with van der Waals surface area (Å²) in [6.45, 7) is 8.97. The summed E-state index contributed by atoms with van der Waals surface area (Å²) in [6.07, 6.45) is 1.68. The van der Waals surface area contributed by atoms with Crippen molar-refractivity contribution in [3.8, 4) is 17.2 Å². The topological polar surface area (TPSA) is 70.1 Å². The van der Waals surface area contributed by atoms with E-state index in [4.69, 9.17) is 14.6 Å². The lowest BCUT2D eigenvalue weighted by Crippen LogP contribution is -2.47. The Morgan fingerprint density at radius 2 is 1.68 bits per heavy atom. The molecule has 2 heterocycles. The Morgan fingerprint density at radius 3 is 2.37 bits per heavy atom. The highest BCUT2D eigenvalue weighted by atomic mass is 35.5. The number of aryl methyl sites for hydroxylation is 1. The minimum Gasteiger partial charge on any atom is -0.493 e. The van der Waals surface area contributed by atoms with Crippen LogP contribution >= 0.6 is 12.4 Å². The fourth-order valence-corrected chi connectivity index (χ4v) is 5.09. The van der Waals surface area contributed by atoms with E-state index in [0.717, 1.165) is 88.5 Å². The maximum atomic E-state index is 13.3. The van der Waals surface area contributed by atoms with Crippen LogP contribution in [0, 0.1) is 6.92 Å². The van der Waals surface area contributed by atoms with Crippen LogP contribution in [-0.2, 0) is 6.18 Å². The molecule has 1 fully saturated rings. The Hall–Kier alpha value is -2.79. The molecule has 2 aromatic carbocycles. The predicted molar refractivity (Wildman–Crippen MR) is 159 cm³/mol. The minimum atomic E-state index is -4.47. The summed E-state index contributed by atoms with van der Waals surface area (Å²) < 4.78 is 51.4. The van der Waals surface area contributed by atoms with Crippen molar-refractivity contribution in [2.45, 2.75) is 38.8 Å². The number of pyridine rings is 1. The van der Waals surface area contributed by atoms with Crippen LogP contribution in [0.4, 0.5) is 18.9 Å². The molecule has 0 spiro atoms. The van der Waals surface area contributed by atoms with Gasteiger partial charge in [-0.05, 0) is 56.1 Å². The SMILES string of the molecule is COc1cc(NCCCCCCN2CCN(CCO)CC2)c2nccc(C)c2c1Oc1cccc(C(F)(F)F)c1.Cl. The van der Waals surface area contributed by atoms with Gasteiger partial charge in [0.25, 0.3) is 0 Å². The number of nitrogens with one attached hydrogen (secondary N) is 1. The number of halogens is 4. The van der Waals surface area contributed by atoms with E-state index in [1.54, 1.807) is 12.3 Å². The Balaban J connectivity index is 0.00000462. The van der Waals surface area contributed by atoms with Crippen LogP contribution in [0.25, 0.3) is 10.9 Å². The summed E-state index contributed by atoms with van der Waals surface area (Å²) in [7, 11) is 1.52. The maximum absolute atomic E-state index is 13.3. The number of aliphatic hydroxyl groups is 1. The zero-order valence-electron chi connectivity index (χ0n) is 23.7. The molecule has 41 heavy (non-hydrogen) atoms. The average molecular weight is 597 g/mol. The number of unbranched alkanes of at least 4 members (excludes halogenated alkanes) is 3. The van der Waals surface area contributed by atoms with Gasteiger partial charge in [0.2, 0.25) is 0 Å². The number of methoxy groups -OCH3 is 1. The molecule has 0 aliphatic carbocycles. The van der Waals surface area contributed by atoms with Gasteiger partial charge in [-0.3, -0.25) is 9.88 Å². The number of aliphatic hydroxyl groups excluding tert-OH is 1. The number of fused-ring (bicyclic) bond motifs is 1. The van der Waals surface area contributed by atoms with Gasteiger partial charge in [-0.15, -0.1) is 12.4 Å². The quantitative estimate of drug-likeness (QED) is 0.222. The molecule has 11 heteroatoms. The molecule has 1 aliphatic rings. The van der Waals surface area contributed by atoms with Gasteiger partial charge >= 0.3 is 6.18 Å². The summed E-state index contributed by atoms with van der Waals surface area (Å²) in [6, 6.07) is 8.47. The Labute approximate surface area is 246 Å². The second kappa shape index (κ2) is 15.4. The van der Waals surface area contributed by atoms with Crippen molar-refractivity contribution in [3.05, 3.63) is 53.7 Å². The number of hydrogen-bond donors (Lipinski definition) is 2. The molecular weight excluding hydrogens is 557 g/mol. The zero-order valence-corrected chi connectivity index (χ0v) is 24.5. The first-order valence-electron chi connectivity index (χ1n) is 13.9. The lowest BCUT2D eigenvalue weighted by Gasteiger charge is -2.34. The van der Waals surface area contributed by atoms with Crippen LogP contribution in [0.1, 0.15) is 36.8 Å². The van der Waals surface area contributed by atoms with E-state index in [9.17, 15) is 13.2 Å². The third kappa shape index (κ3) is 8.85. The molecule has 0 unspecified atom stereocenters. The number of benzene rings is 2. The van der Waals surface area contributed by atoms with E-state index in [1.165, 1.54) is 25.7 Å². The van der Waals surface area contributed by atoms with Gasteiger partial charge in [0.1, 0.15) is 5.75 Å². The molecule has 1 aromatic heterocycles. The third-order valence-electron chi connectivity index (χ3n) is 7.34. The maximum Gasteiger partial charge on any atom is 0.416 e. The summed E-state index contributed by atoms with van der Waals surface area (Å²) >= 11 is 0. The van der Waals surface area contributed by atoms with Crippen molar-refractivity contribution >= 4 is 29.0 Å². The Morgan fingerprint density at radius 1 is 0.976 bits per heavy atom. The fraction of sp³-hybridized carbons (Fsp3) is 0.500. The molecule has 3 aromatic rings. The lowest BCUT2D eigenvalue weighted by atomic mass is 10.1. The molecule has 1 aliphatic heterocycles. The van der Waals surface area contributed by atoms with Gasteiger partial charge in [0, 0.05) is 51.5 Å². The lowest BCUT2D eigenvalue weighted by molar-refractivity contribution is -0.137. The second-order valence-electron chi connectivity index (χ2n) is 10.2. The Bertz CT molecular complexity index is 1250. The number of anilines is 1. The van der Waals surface area contributed by atoms with Crippen LogP contribution in [-0.4, -0.2) is 79.4 Å². The van der Waals surface area contributed by atoms with Gasteiger partial charge in [0.05, 0.1) is 35.9 Å². The van der Waals surface area contributed by atoms with Crippen LogP contribution < -0.4 is 14.8 Å². The van der Waals surface area contributed by atoms with Crippen molar-refractivity contribution in [1.82, 2.24) is 14.8 Å². The van der Waals surface area contributed by atoms with Crippen molar-refractivity contribution in [2.75, 3.05) is 64.8 Å². The van der Waals surface area contributed by atoms with E-state index < -0.39 is 11.7 Å². The van der Waals surface area contributed by atoms with Crippen LogP contribution in [0.3, 0.4) is 0 Å². The van der Waals surface area contributed by atoms with E-state index in [2.05, 4.69) is 20.1 Å². The summed E-state index contributed by atoms with van der Waals surface area (Å²) in [5.41, 5.74) is 1.59. The molecule has 0 radical (unpaired) electrons. The van der Waals surface area contributed by atoms with E-state index in [-0.39, 0.29) is 24.8 Å². The fourth-order valence-electron chi connectivity index (χ4n) is 5.09. The van der Waals surface area contributed by atoms with Gasteiger partial charge < -0.3 is 24.8 Å². The summed E-state index contributed by atoms with van der Waals surface area (Å²) in [5.74, 6) is 0.832. The monoisotopic (exact) mass is 596 g/mol. The standard InChI is InChI=1S/C30H39F3N4O3.ClH/c1-22-10-12-35-28-25(34-11-5-3-4-6-13-36-14-16-37(17-15-36)18-19-38)21-26(39-2)29(27(22)28)40-24-9-7-8-23(20-24)30(31,32)33;/h7-10,12,20-21,34,38H,3-6,11,13-19H2,1-2H3;1H. The first kappa shape index (κ1) is 32.7. The molecule has 0 atom stereocenters. The number of piperazine rings is 1. The number of alkyl halides is 3. The molecular formula is C30H40ClF3N4O3. The smallest absolute Gasteiger partial charge is 0.416 e. The molecule has 2 N–H and O–H groups in total. The highest BCUT2D eigenvalue weighted by Crippen LogP contribution is 2.44. The first-order chi connectivity index (χ1) is 19.3. The molecule has 1 saturated heterocycles. The number of aromatic nitrogens is 1. The van der Waals surface area contributed by atoms with E-state index in [0.29, 0.717) is 22.4 Å². The number of rotatable bonds is 13. The van der Waals surface area contributed by atoms with E-state index >= 15 is 0 Å². The van der Waals surface area contributed by atoms with E-state index in [1.807, 2.05) is 13.0 Å². The third-order valence-corrected chi connectivity index (χ3v) is 7.34. The molecule has 7 nitrogen and oxygen atoms in total. The number of hydrogen-bond acceptors (Lipinski definition) is 7.